The van der Waals surface area contributed by atoms with Crippen LogP contribution in [0.2, 0.25) is 0 Å². The average Bonchev–Trinajstić information content (AvgIpc) is 3.33. The van der Waals surface area contributed by atoms with Gasteiger partial charge in [-0.15, -0.1) is 0 Å². The summed E-state index contributed by atoms with van der Waals surface area (Å²) in [6, 6.07) is 5.43. The number of aromatic nitrogens is 4. The highest BCUT2D eigenvalue weighted by Gasteiger charge is 2.39. The van der Waals surface area contributed by atoms with Crippen LogP contribution in [-0.2, 0) is 33.5 Å². The molecule has 0 radical (unpaired) electrons. The molecule has 4 heterocycles. The lowest BCUT2D eigenvalue weighted by molar-refractivity contribution is -0.114. The summed E-state index contributed by atoms with van der Waals surface area (Å²) >= 11 is 0. The van der Waals surface area contributed by atoms with Crippen LogP contribution in [0.15, 0.2) is 24.4 Å². The molecule has 0 bridgehead atoms. The third-order valence-electron chi connectivity index (χ3n) is 5.19. The van der Waals surface area contributed by atoms with Crippen LogP contribution < -0.4 is 5.32 Å². The van der Waals surface area contributed by atoms with Crippen LogP contribution in [0, 0.1) is 0 Å². The summed E-state index contributed by atoms with van der Waals surface area (Å²) in [5, 5.41) is 17.9. The van der Waals surface area contributed by atoms with Crippen molar-refractivity contribution in [1.29, 1.82) is 0 Å². The molecular formula is C20H23N5O4. The number of hydrogen-bond acceptors (Lipinski definition) is 7. The molecule has 2 N–H and O–H groups in total. The van der Waals surface area contributed by atoms with Gasteiger partial charge in [0.05, 0.1) is 36.3 Å². The first kappa shape index (κ1) is 19.4. The van der Waals surface area contributed by atoms with Gasteiger partial charge in [0.15, 0.2) is 0 Å². The first-order chi connectivity index (χ1) is 14.0. The number of methoxy groups -OCH3 is 1. The standard InChI is InChI=1S/C20H23N5O4/c1-12(27)22-18-8-14-16(9-21-18)25(2)24-19(14)15-6-13(10-26)7-17(23-15)20(28-3)4-5-29-11-20/h6-9,26H,4-5,10-11H2,1-3H3,(H,21,22,27)/t20-/m0/s1. The molecule has 1 fully saturated rings. The second-order valence-corrected chi connectivity index (χ2v) is 7.15. The van der Waals surface area contributed by atoms with E-state index in [-0.39, 0.29) is 12.5 Å². The van der Waals surface area contributed by atoms with E-state index in [0.29, 0.717) is 48.1 Å². The first-order valence-electron chi connectivity index (χ1n) is 9.31. The molecule has 1 aliphatic heterocycles. The van der Waals surface area contributed by atoms with Crippen LogP contribution in [-0.4, -0.2) is 51.1 Å². The number of nitrogens with one attached hydrogen (secondary N) is 1. The molecule has 1 amide bonds. The van der Waals surface area contributed by atoms with Gasteiger partial charge in [0.1, 0.15) is 17.1 Å². The summed E-state index contributed by atoms with van der Waals surface area (Å²) in [6.07, 6.45) is 2.35. The average molecular weight is 397 g/mol. The normalized spacial score (nSPS) is 19.0. The van der Waals surface area contributed by atoms with Crippen molar-refractivity contribution in [3.8, 4) is 11.4 Å². The van der Waals surface area contributed by atoms with Gasteiger partial charge in [-0.1, -0.05) is 0 Å². The summed E-state index contributed by atoms with van der Waals surface area (Å²) in [4.78, 5) is 20.5. The number of aliphatic hydroxyl groups excluding tert-OH is 1. The van der Waals surface area contributed by atoms with Crippen molar-refractivity contribution < 1.29 is 19.4 Å². The minimum atomic E-state index is -0.645. The number of pyridine rings is 2. The fourth-order valence-electron chi connectivity index (χ4n) is 3.64. The molecule has 0 unspecified atom stereocenters. The Kier molecular flexibility index (Phi) is 5.03. The van der Waals surface area contributed by atoms with Crippen molar-refractivity contribution in [2.45, 2.75) is 25.6 Å². The van der Waals surface area contributed by atoms with Crippen molar-refractivity contribution in [2.75, 3.05) is 25.6 Å². The molecule has 3 aromatic rings. The Labute approximate surface area is 167 Å². The van der Waals surface area contributed by atoms with Crippen molar-refractivity contribution in [1.82, 2.24) is 19.7 Å². The molecule has 1 saturated heterocycles. The summed E-state index contributed by atoms with van der Waals surface area (Å²) in [6.45, 7) is 2.30. The molecule has 0 aromatic carbocycles. The van der Waals surface area contributed by atoms with Crippen LogP contribution in [0.25, 0.3) is 22.3 Å². The van der Waals surface area contributed by atoms with E-state index in [4.69, 9.17) is 14.5 Å². The molecule has 9 heteroatoms. The number of carbonyl (C=O) groups excluding carboxylic acids is 1. The molecule has 152 valence electrons. The quantitative estimate of drug-likeness (QED) is 0.674. The van der Waals surface area contributed by atoms with Gasteiger partial charge in [0.2, 0.25) is 5.91 Å². The zero-order valence-electron chi connectivity index (χ0n) is 16.6. The maximum absolute atomic E-state index is 11.4. The van der Waals surface area contributed by atoms with Gasteiger partial charge in [-0.05, 0) is 23.8 Å². The van der Waals surface area contributed by atoms with E-state index >= 15 is 0 Å². The van der Waals surface area contributed by atoms with Crippen LogP contribution in [0.5, 0.6) is 0 Å². The molecule has 0 spiro atoms. The first-order valence-corrected chi connectivity index (χ1v) is 9.31. The topological polar surface area (TPSA) is 111 Å². The minimum absolute atomic E-state index is 0.132. The number of amides is 1. The van der Waals surface area contributed by atoms with Crippen molar-refractivity contribution in [2.24, 2.45) is 7.05 Å². The number of rotatable bonds is 5. The van der Waals surface area contributed by atoms with E-state index in [1.807, 2.05) is 19.2 Å². The predicted molar refractivity (Wildman–Crippen MR) is 106 cm³/mol. The largest absolute Gasteiger partial charge is 0.392 e. The zero-order chi connectivity index (χ0) is 20.6. The number of hydrogen-bond donors (Lipinski definition) is 2. The van der Waals surface area contributed by atoms with E-state index in [1.165, 1.54) is 6.92 Å². The highest BCUT2D eigenvalue weighted by molar-refractivity contribution is 5.96. The zero-order valence-corrected chi connectivity index (χ0v) is 16.6. The lowest BCUT2D eigenvalue weighted by Gasteiger charge is -2.26. The number of carbonyl (C=O) groups is 1. The smallest absolute Gasteiger partial charge is 0.222 e. The second kappa shape index (κ2) is 7.51. The third kappa shape index (κ3) is 3.48. The summed E-state index contributed by atoms with van der Waals surface area (Å²) in [7, 11) is 3.47. The maximum Gasteiger partial charge on any atom is 0.222 e. The lowest BCUT2D eigenvalue weighted by atomic mass is 9.95. The summed E-state index contributed by atoms with van der Waals surface area (Å²) in [5.41, 5.74) is 2.82. The number of nitrogens with zero attached hydrogens (tertiary/aromatic N) is 4. The molecule has 1 atom stereocenters. The van der Waals surface area contributed by atoms with Gasteiger partial charge in [0.25, 0.3) is 0 Å². The van der Waals surface area contributed by atoms with Crippen LogP contribution >= 0.6 is 0 Å². The van der Waals surface area contributed by atoms with E-state index in [2.05, 4.69) is 15.4 Å². The van der Waals surface area contributed by atoms with Crippen molar-refractivity contribution in [3.63, 3.8) is 0 Å². The lowest BCUT2D eigenvalue weighted by Crippen LogP contribution is -2.30. The molecule has 1 aliphatic rings. The number of aryl methyl sites for hydroxylation is 1. The Morgan fingerprint density at radius 2 is 2.24 bits per heavy atom. The Morgan fingerprint density at radius 3 is 2.90 bits per heavy atom. The monoisotopic (exact) mass is 397 g/mol. The molecule has 0 saturated carbocycles. The number of anilines is 1. The molecule has 29 heavy (non-hydrogen) atoms. The fraction of sp³-hybridized carbons (Fsp3) is 0.400. The van der Waals surface area contributed by atoms with Gasteiger partial charge in [-0.2, -0.15) is 5.10 Å². The van der Waals surface area contributed by atoms with Crippen molar-refractivity contribution >= 4 is 22.6 Å². The molecule has 0 aliphatic carbocycles. The Morgan fingerprint density at radius 1 is 1.41 bits per heavy atom. The third-order valence-corrected chi connectivity index (χ3v) is 5.19. The van der Waals surface area contributed by atoms with Gasteiger partial charge in [-0.3, -0.25) is 9.48 Å². The second-order valence-electron chi connectivity index (χ2n) is 7.15. The highest BCUT2D eigenvalue weighted by atomic mass is 16.5. The Hall–Kier alpha value is -2.88. The molecular weight excluding hydrogens is 374 g/mol. The van der Waals surface area contributed by atoms with Crippen LogP contribution in [0.4, 0.5) is 5.82 Å². The Bertz CT molecular complexity index is 1070. The number of ether oxygens (including phenoxy) is 2. The highest BCUT2D eigenvalue weighted by Crippen LogP contribution is 2.36. The van der Waals surface area contributed by atoms with Crippen LogP contribution in [0.1, 0.15) is 24.6 Å². The number of fused-ring (bicyclic) bond motifs is 1. The minimum Gasteiger partial charge on any atom is -0.392 e. The maximum atomic E-state index is 11.4. The summed E-state index contributed by atoms with van der Waals surface area (Å²) in [5.74, 6) is 0.239. The molecule has 3 aromatic heterocycles. The number of aliphatic hydroxyl groups is 1. The van der Waals surface area contributed by atoms with Gasteiger partial charge in [0, 0.05) is 39.5 Å². The molecule has 4 rings (SSSR count). The van der Waals surface area contributed by atoms with E-state index in [9.17, 15) is 9.90 Å². The van der Waals surface area contributed by atoms with E-state index in [1.54, 1.807) is 24.1 Å². The van der Waals surface area contributed by atoms with Gasteiger partial charge >= 0.3 is 0 Å². The fourth-order valence-corrected chi connectivity index (χ4v) is 3.64. The van der Waals surface area contributed by atoms with E-state index in [0.717, 1.165) is 10.9 Å². The van der Waals surface area contributed by atoms with Gasteiger partial charge in [-0.25, -0.2) is 9.97 Å². The van der Waals surface area contributed by atoms with Crippen molar-refractivity contribution in [3.05, 3.63) is 35.7 Å². The van der Waals surface area contributed by atoms with Gasteiger partial charge < -0.3 is 19.9 Å². The Balaban J connectivity index is 1.89. The predicted octanol–water partition coefficient (Wildman–Crippen LogP) is 1.74. The summed E-state index contributed by atoms with van der Waals surface area (Å²) < 4.78 is 13.0. The molecule has 9 nitrogen and oxygen atoms in total. The SMILES string of the molecule is CO[C@@]1(c2cc(CO)cc(-c3nn(C)c4cnc(NC(C)=O)cc34)n2)CCOC1. The van der Waals surface area contributed by atoms with Crippen LogP contribution in [0.3, 0.4) is 0 Å². The van der Waals surface area contributed by atoms with E-state index < -0.39 is 5.60 Å².